The van der Waals surface area contributed by atoms with Crippen LogP contribution in [-0.2, 0) is 14.3 Å². The van der Waals surface area contributed by atoms with Gasteiger partial charge in [0.1, 0.15) is 11.9 Å². The molecule has 3 atom stereocenters. The summed E-state index contributed by atoms with van der Waals surface area (Å²) in [6, 6.07) is -0.624. The van der Waals surface area contributed by atoms with Gasteiger partial charge in [0.15, 0.2) is 5.79 Å². The lowest BCUT2D eigenvalue weighted by Crippen LogP contribution is -2.46. The number of ether oxygens (including phenoxy) is 2. The van der Waals surface area contributed by atoms with Gasteiger partial charge in [-0.05, 0) is 43.4 Å². The summed E-state index contributed by atoms with van der Waals surface area (Å²) < 4.78 is 64.9. The molecule has 0 aromatic heterocycles. The molecule has 3 aliphatic rings. The number of rotatable bonds is 5. The van der Waals surface area contributed by atoms with Crippen LogP contribution in [0.25, 0.3) is 0 Å². The zero-order chi connectivity index (χ0) is 24.7. The van der Waals surface area contributed by atoms with Crippen LogP contribution in [0.2, 0.25) is 0 Å². The first kappa shape index (κ1) is 24.7. The quantitative estimate of drug-likeness (QED) is 0.553. The molecule has 188 valence electrons. The second kappa shape index (κ2) is 9.31. The van der Waals surface area contributed by atoms with Crippen LogP contribution in [0.3, 0.4) is 0 Å². The van der Waals surface area contributed by atoms with Gasteiger partial charge in [-0.2, -0.15) is 13.2 Å². The summed E-state index contributed by atoms with van der Waals surface area (Å²) in [6.07, 6.45) is -2.01. The first-order valence-corrected chi connectivity index (χ1v) is 11.3. The lowest BCUT2D eigenvalue weighted by molar-refractivity contribution is -0.183. The van der Waals surface area contributed by atoms with E-state index >= 15 is 0 Å². The Labute approximate surface area is 194 Å². The van der Waals surface area contributed by atoms with Crippen LogP contribution < -0.4 is 16.4 Å². The van der Waals surface area contributed by atoms with Gasteiger partial charge in [0.25, 0.3) is 0 Å². The summed E-state index contributed by atoms with van der Waals surface area (Å²) in [5.74, 6) is -1.97. The van der Waals surface area contributed by atoms with Crippen LogP contribution in [0.5, 0.6) is 0 Å². The number of alkyl halides is 3. The Balaban J connectivity index is 1.35. The summed E-state index contributed by atoms with van der Waals surface area (Å²) in [7, 11) is 0. The maximum Gasteiger partial charge on any atom is 0.410 e. The molecule has 2 saturated heterocycles. The highest BCUT2D eigenvalue weighted by molar-refractivity contribution is 5.95. The third kappa shape index (κ3) is 4.98. The minimum atomic E-state index is -4.57. The average molecular weight is 488 g/mol. The Kier molecular flexibility index (Phi) is 6.76. The molecular weight excluding hydrogens is 460 g/mol. The van der Waals surface area contributed by atoms with Crippen molar-refractivity contribution >= 4 is 17.6 Å². The van der Waals surface area contributed by atoms with E-state index in [9.17, 15) is 27.2 Å². The molecule has 1 unspecified atom stereocenters. The van der Waals surface area contributed by atoms with Gasteiger partial charge < -0.3 is 30.7 Å². The van der Waals surface area contributed by atoms with Crippen molar-refractivity contribution in [1.82, 2.24) is 10.2 Å². The molecule has 0 bridgehead atoms. The van der Waals surface area contributed by atoms with Crippen molar-refractivity contribution in [2.75, 3.05) is 25.1 Å². The highest BCUT2D eigenvalue weighted by Crippen LogP contribution is 2.39. The predicted octanol–water partition coefficient (Wildman–Crippen LogP) is 3.04. The number of nitrogens with one attached hydrogen (secondary N) is 2. The third-order valence-corrected chi connectivity index (χ3v) is 6.95. The van der Waals surface area contributed by atoms with Crippen LogP contribution in [0.1, 0.15) is 44.2 Å². The largest absolute Gasteiger partial charge is 0.410 e. The van der Waals surface area contributed by atoms with E-state index in [0.29, 0.717) is 44.5 Å². The van der Waals surface area contributed by atoms with Crippen molar-refractivity contribution in [1.29, 1.82) is 0 Å². The van der Waals surface area contributed by atoms with Crippen LogP contribution >= 0.6 is 0 Å². The number of urea groups is 1. The maximum atomic E-state index is 14.7. The molecule has 8 nitrogen and oxygen atoms in total. The molecule has 1 saturated carbocycles. The van der Waals surface area contributed by atoms with Crippen molar-refractivity contribution < 1.29 is 36.6 Å². The number of hydrogen-bond donors (Lipinski definition) is 3. The number of amides is 3. The van der Waals surface area contributed by atoms with E-state index in [1.54, 1.807) is 0 Å². The van der Waals surface area contributed by atoms with E-state index in [4.69, 9.17) is 15.2 Å². The SMILES string of the molecule is C[C@@H](c1ccc(NC(=O)C(N)C2CCC3(CC2)OCCO3)c(F)c1)N1C[C@@H](C(F)(F)F)NC1=O. The van der Waals surface area contributed by atoms with Crippen LogP contribution in [0, 0.1) is 11.7 Å². The highest BCUT2D eigenvalue weighted by Gasteiger charge is 2.48. The molecular formula is C22H28F4N4O4. The summed E-state index contributed by atoms with van der Waals surface area (Å²) in [5, 5.41) is 4.38. The van der Waals surface area contributed by atoms with Gasteiger partial charge in [0.05, 0.1) is 37.5 Å². The molecule has 1 aromatic rings. The molecule has 34 heavy (non-hydrogen) atoms. The second-order valence-corrected chi connectivity index (χ2v) is 9.07. The van der Waals surface area contributed by atoms with Gasteiger partial charge in [-0.1, -0.05) is 6.07 Å². The number of benzene rings is 1. The van der Waals surface area contributed by atoms with Gasteiger partial charge >= 0.3 is 12.2 Å². The monoisotopic (exact) mass is 488 g/mol. The normalized spacial score (nSPS) is 24.8. The first-order chi connectivity index (χ1) is 16.0. The molecule has 1 spiro atoms. The number of nitrogens with zero attached hydrogens (tertiary/aromatic N) is 1. The fourth-order valence-electron chi connectivity index (χ4n) is 4.80. The fraction of sp³-hybridized carbons (Fsp3) is 0.636. The van der Waals surface area contributed by atoms with Crippen LogP contribution in [0.15, 0.2) is 18.2 Å². The molecule has 2 heterocycles. The molecule has 3 fully saturated rings. The number of carbonyl (C=O) groups is 2. The zero-order valence-corrected chi connectivity index (χ0v) is 18.7. The summed E-state index contributed by atoms with van der Waals surface area (Å²) in [4.78, 5) is 25.6. The predicted molar refractivity (Wildman–Crippen MR) is 113 cm³/mol. The number of carbonyl (C=O) groups excluding carboxylic acids is 2. The maximum absolute atomic E-state index is 14.7. The van der Waals surface area contributed by atoms with Crippen molar-refractivity contribution in [3.8, 4) is 0 Å². The Bertz CT molecular complexity index is 928. The Morgan fingerprint density at radius 2 is 1.91 bits per heavy atom. The Hall–Kier alpha value is -2.44. The van der Waals surface area contributed by atoms with Gasteiger partial charge in [-0.15, -0.1) is 0 Å². The van der Waals surface area contributed by atoms with Crippen molar-refractivity contribution in [3.63, 3.8) is 0 Å². The van der Waals surface area contributed by atoms with E-state index in [1.807, 2.05) is 5.32 Å². The highest BCUT2D eigenvalue weighted by atomic mass is 19.4. The van der Waals surface area contributed by atoms with E-state index in [0.717, 1.165) is 11.0 Å². The number of anilines is 1. The van der Waals surface area contributed by atoms with Crippen LogP contribution in [-0.4, -0.2) is 60.6 Å². The lowest BCUT2D eigenvalue weighted by Gasteiger charge is -2.37. The van der Waals surface area contributed by atoms with Crippen molar-refractivity contribution in [2.45, 2.75) is 62.7 Å². The van der Waals surface area contributed by atoms with Crippen LogP contribution in [0.4, 0.5) is 28.0 Å². The molecule has 1 aromatic carbocycles. The standard InChI is InChI=1S/C22H28F4N4O4/c1-12(30-11-17(22(24,25)26)29-20(30)32)14-2-3-16(15(23)10-14)28-19(31)18(27)13-4-6-21(7-5-13)33-8-9-34-21/h2-3,10,12-13,17-18H,4-9,11,27H2,1H3,(H,28,31)(H,29,32)/t12-,17-,18?/m0/s1. The summed E-state index contributed by atoms with van der Waals surface area (Å²) in [5.41, 5.74) is 6.35. The number of hydrogen-bond acceptors (Lipinski definition) is 5. The minimum absolute atomic E-state index is 0.0924. The van der Waals surface area contributed by atoms with Gasteiger partial charge in [0.2, 0.25) is 5.91 Å². The minimum Gasteiger partial charge on any atom is -0.348 e. The zero-order valence-electron chi connectivity index (χ0n) is 18.7. The third-order valence-electron chi connectivity index (χ3n) is 6.95. The summed E-state index contributed by atoms with van der Waals surface area (Å²) >= 11 is 0. The molecule has 0 radical (unpaired) electrons. The summed E-state index contributed by atoms with van der Waals surface area (Å²) in [6.45, 7) is 2.04. The van der Waals surface area contributed by atoms with E-state index < -0.39 is 54.4 Å². The van der Waals surface area contributed by atoms with E-state index in [1.165, 1.54) is 19.1 Å². The smallest absolute Gasteiger partial charge is 0.348 e. The second-order valence-electron chi connectivity index (χ2n) is 9.07. The lowest BCUT2D eigenvalue weighted by atomic mass is 9.80. The number of nitrogens with two attached hydrogens (primary N) is 1. The van der Waals surface area contributed by atoms with Crippen molar-refractivity contribution in [3.05, 3.63) is 29.6 Å². The molecule has 3 amide bonds. The molecule has 12 heteroatoms. The van der Waals surface area contributed by atoms with Crippen molar-refractivity contribution in [2.24, 2.45) is 11.7 Å². The molecule has 4 rings (SSSR count). The van der Waals surface area contributed by atoms with Gasteiger partial charge in [-0.3, -0.25) is 4.79 Å². The number of halogens is 4. The topological polar surface area (TPSA) is 106 Å². The van der Waals surface area contributed by atoms with Gasteiger partial charge in [0, 0.05) is 12.8 Å². The van der Waals surface area contributed by atoms with E-state index in [-0.39, 0.29) is 11.6 Å². The Morgan fingerprint density at radius 1 is 1.26 bits per heavy atom. The molecule has 1 aliphatic carbocycles. The van der Waals surface area contributed by atoms with Gasteiger partial charge in [-0.25, -0.2) is 9.18 Å². The average Bonchev–Trinajstić information content (AvgIpc) is 3.41. The molecule has 2 aliphatic heterocycles. The molecule has 4 N–H and O–H groups in total. The first-order valence-electron chi connectivity index (χ1n) is 11.3. The fourth-order valence-corrected chi connectivity index (χ4v) is 4.80. The Morgan fingerprint density at radius 3 is 2.47 bits per heavy atom. The van der Waals surface area contributed by atoms with E-state index in [2.05, 4.69) is 5.32 Å².